The third kappa shape index (κ3) is 3.34. The van der Waals surface area contributed by atoms with E-state index < -0.39 is 29.0 Å². The lowest BCUT2D eigenvalue weighted by Gasteiger charge is -2.28. The van der Waals surface area contributed by atoms with Gasteiger partial charge in [-0.25, -0.2) is 4.39 Å². The van der Waals surface area contributed by atoms with Gasteiger partial charge in [-0.3, -0.25) is 4.79 Å². The molecule has 0 atom stereocenters. The van der Waals surface area contributed by atoms with Crippen molar-refractivity contribution in [2.75, 3.05) is 6.54 Å². The maximum absolute atomic E-state index is 13.2. The van der Waals surface area contributed by atoms with Crippen molar-refractivity contribution < 1.29 is 22.4 Å². The fourth-order valence-corrected chi connectivity index (χ4v) is 2.63. The van der Waals surface area contributed by atoms with Gasteiger partial charge in [-0.05, 0) is 31.0 Å². The average Bonchev–Trinajstić information content (AvgIpc) is 2.87. The molecule has 0 aliphatic heterocycles. The van der Waals surface area contributed by atoms with Crippen molar-refractivity contribution >= 4 is 5.91 Å². The summed E-state index contributed by atoms with van der Waals surface area (Å²) in [7, 11) is 0. The predicted molar refractivity (Wildman–Crippen MR) is 69.1 cm³/mol. The third-order valence-electron chi connectivity index (χ3n) is 3.86. The molecule has 0 saturated heterocycles. The van der Waals surface area contributed by atoms with Gasteiger partial charge in [-0.1, -0.05) is 12.8 Å². The summed E-state index contributed by atoms with van der Waals surface area (Å²) in [5, 5.41) is 2.70. The number of benzene rings is 1. The zero-order chi connectivity index (χ0) is 15.7. The SMILES string of the molecule is NCC1(NC(=O)c2ccc(F)c(C(F)(F)F)c2)CCCC1. The highest BCUT2D eigenvalue weighted by atomic mass is 19.4. The maximum Gasteiger partial charge on any atom is 0.419 e. The Hall–Kier alpha value is -1.63. The number of amides is 1. The topological polar surface area (TPSA) is 55.1 Å². The van der Waals surface area contributed by atoms with Gasteiger partial charge in [0.25, 0.3) is 5.91 Å². The molecule has 0 bridgehead atoms. The minimum Gasteiger partial charge on any atom is -0.345 e. The largest absolute Gasteiger partial charge is 0.419 e. The molecule has 7 heteroatoms. The zero-order valence-corrected chi connectivity index (χ0v) is 11.3. The Morgan fingerprint density at radius 2 is 1.90 bits per heavy atom. The second-order valence-corrected chi connectivity index (χ2v) is 5.34. The van der Waals surface area contributed by atoms with Crippen LogP contribution in [0.2, 0.25) is 0 Å². The third-order valence-corrected chi connectivity index (χ3v) is 3.86. The van der Waals surface area contributed by atoms with Gasteiger partial charge in [0.15, 0.2) is 0 Å². The van der Waals surface area contributed by atoms with Gasteiger partial charge in [0.05, 0.1) is 11.1 Å². The molecule has 1 aromatic carbocycles. The zero-order valence-electron chi connectivity index (χ0n) is 11.3. The fourth-order valence-electron chi connectivity index (χ4n) is 2.63. The van der Waals surface area contributed by atoms with Crippen LogP contribution in [0, 0.1) is 5.82 Å². The highest BCUT2D eigenvalue weighted by Gasteiger charge is 2.36. The van der Waals surface area contributed by atoms with E-state index in [9.17, 15) is 22.4 Å². The Labute approximate surface area is 119 Å². The van der Waals surface area contributed by atoms with Crippen LogP contribution in [0.15, 0.2) is 18.2 Å². The fraction of sp³-hybridized carbons (Fsp3) is 0.500. The summed E-state index contributed by atoms with van der Waals surface area (Å²) in [6, 6.07) is 2.23. The van der Waals surface area contributed by atoms with E-state index in [1.165, 1.54) is 0 Å². The first-order valence-electron chi connectivity index (χ1n) is 6.67. The Balaban J connectivity index is 2.24. The molecule has 0 radical (unpaired) electrons. The van der Waals surface area contributed by atoms with Crippen molar-refractivity contribution in [3.8, 4) is 0 Å². The number of nitrogens with two attached hydrogens (primary N) is 1. The summed E-state index contributed by atoms with van der Waals surface area (Å²) in [5.74, 6) is -2.05. The van der Waals surface area contributed by atoms with E-state index in [1.54, 1.807) is 0 Å². The Kier molecular flexibility index (Phi) is 4.22. The van der Waals surface area contributed by atoms with Gasteiger partial charge in [0.2, 0.25) is 0 Å². The first-order chi connectivity index (χ1) is 9.77. The highest BCUT2D eigenvalue weighted by molar-refractivity contribution is 5.95. The van der Waals surface area contributed by atoms with E-state index in [2.05, 4.69) is 5.32 Å². The second kappa shape index (κ2) is 5.63. The predicted octanol–water partition coefficient (Wildman–Crippen LogP) is 2.85. The molecular weight excluding hydrogens is 288 g/mol. The monoisotopic (exact) mass is 304 g/mol. The molecule has 0 unspecified atom stereocenters. The van der Waals surface area contributed by atoms with E-state index in [0.717, 1.165) is 18.9 Å². The summed E-state index contributed by atoms with van der Waals surface area (Å²) < 4.78 is 51.1. The Bertz CT molecular complexity index is 536. The van der Waals surface area contributed by atoms with Gasteiger partial charge < -0.3 is 11.1 Å². The number of nitrogens with one attached hydrogen (secondary N) is 1. The van der Waals surface area contributed by atoms with Gasteiger partial charge >= 0.3 is 6.18 Å². The number of carbonyl (C=O) groups is 1. The second-order valence-electron chi connectivity index (χ2n) is 5.34. The molecule has 0 spiro atoms. The van der Waals surface area contributed by atoms with Crippen molar-refractivity contribution in [1.82, 2.24) is 5.32 Å². The number of alkyl halides is 3. The molecule has 1 amide bonds. The normalized spacial score (nSPS) is 17.8. The maximum atomic E-state index is 13.2. The molecule has 1 aromatic rings. The minimum atomic E-state index is -4.83. The molecule has 3 nitrogen and oxygen atoms in total. The van der Waals surface area contributed by atoms with E-state index >= 15 is 0 Å². The molecular formula is C14H16F4N2O. The lowest BCUT2D eigenvalue weighted by atomic mass is 9.97. The molecule has 1 fully saturated rings. The Morgan fingerprint density at radius 3 is 2.43 bits per heavy atom. The van der Waals surface area contributed by atoms with Gasteiger partial charge in [-0.2, -0.15) is 13.2 Å². The van der Waals surface area contributed by atoms with Crippen molar-refractivity contribution in [2.24, 2.45) is 5.73 Å². The van der Waals surface area contributed by atoms with Crippen molar-refractivity contribution in [1.29, 1.82) is 0 Å². The van der Waals surface area contributed by atoms with Gasteiger partial charge in [-0.15, -0.1) is 0 Å². The summed E-state index contributed by atoms with van der Waals surface area (Å²) in [4.78, 5) is 12.1. The summed E-state index contributed by atoms with van der Waals surface area (Å²) >= 11 is 0. The van der Waals surface area contributed by atoms with Crippen LogP contribution >= 0.6 is 0 Å². The standard InChI is InChI=1S/C14H16F4N2O/c15-11-4-3-9(7-10(11)14(16,17)18)12(21)20-13(8-19)5-1-2-6-13/h3-4,7H,1-2,5-6,8,19H2,(H,20,21). The van der Waals surface area contributed by atoms with Gasteiger partial charge in [0, 0.05) is 12.1 Å². The summed E-state index contributed by atoms with van der Waals surface area (Å²) in [6.07, 6.45) is -1.62. The van der Waals surface area contributed by atoms with Crippen LogP contribution in [-0.2, 0) is 6.18 Å². The molecule has 116 valence electrons. The van der Waals surface area contributed by atoms with Crippen LogP contribution in [0.1, 0.15) is 41.6 Å². The van der Waals surface area contributed by atoms with Crippen LogP contribution < -0.4 is 11.1 Å². The molecule has 0 aromatic heterocycles. The number of rotatable bonds is 3. The minimum absolute atomic E-state index is 0.219. The molecule has 1 aliphatic carbocycles. The lowest BCUT2D eigenvalue weighted by molar-refractivity contribution is -0.140. The van der Waals surface area contributed by atoms with E-state index in [4.69, 9.17) is 5.73 Å². The molecule has 21 heavy (non-hydrogen) atoms. The number of hydrogen-bond acceptors (Lipinski definition) is 2. The van der Waals surface area contributed by atoms with Crippen LogP contribution in [-0.4, -0.2) is 18.0 Å². The van der Waals surface area contributed by atoms with Crippen LogP contribution in [0.4, 0.5) is 17.6 Å². The quantitative estimate of drug-likeness (QED) is 0.844. The summed E-state index contributed by atoms with van der Waals surface area (Å²) in [6.45, 7) is 0.228. The average molecular weight is 304 g/mol. The van der Waals surface area contributed by atoms with Crippen molar-refractivity contribution in [2.45, 2.75) is 37.4 Å². The van der Waals surface area contributed by atoms with Crippen LogP contribution in [0.5, 0.6) is 0 Å². The molecule has 1 saturated carbocycles. The van der Waals surface area contributed by atoms with Crippen molar-refractivity contribution in [3.05, 3.63) is 35.1 Å². The Morgan fingerprint density at radius 1 is 1.29 bits per heavy atom. The van der Waals surface area contributed by atoms with E-state index in [1.807, 2.05) is 0 Å². The van der Waals surface area contributed by atoms with Crippen molar-refractivity contribution in [3.63, 3.8) is 0 Å². The number of hydrogen-bond donors (Lipinski definition) is 2. The molecule has 2 rings (SSSR count). The number of halogens is 4. The molecule has 3 N–H and O–H groups in total. The first-order valence-corrected chi connectivity index (χ1v) is 6.67. The smallest absolute Gasteiger partial charge is 0.345 e. The van der Waals surface area contributed by atoms with Crippen LogP contribution in [0.3, 0.4) is 0 Å². The molecule has 0 heterocycles. The van der Waals surface area contributed by atoms with Crippen LogP contribution in [0.25, 0.3) is 0 Å². The first kappa shape index (κ1) is 15.8. The summed E-state index contributed by atoms with van der Waals surface area (Å²) in [5.41, 5.74) is 3.44. The van der Waals surface area contributed by atoms with Gasteiger partial charge in [0.1, 0.15) is 5.82 Å². The van der Waals surface area contributed by atoms with E-state index in [0.29, 0.717) is 25.0 Å². The number of carbonyl (C=O) groups excluding carboxylic acids is 1. The van der Waals surface area contributed by atoms with E-state index in [-0.39, 0.29) is 12.1 Å². The lowest BCUT2D eigenvalue weighted by Crippen LogP contribution is -2.51. The molecule has 1 aliphatic rings. The highest BCUT2D eigenvalue weighted by Crippen LogP contribution is 2.32.